The summed E-state index contributed by atoms with van der Waals surface area (Å²) < 4.78 is 6.02. The van der Waals surface area contributed by atoms with Crippen LogP contribution < -0.4 is 0 Å². The first kappa shape index (κ1) is 8.48. The van der Waals surface area contributed by atoms with Crippen LogP contribution in [0.25, 0.3) is 0 Å². The first-order valence-electron chi connectivity index (χ1n) is 5.94. The van der Waals surface area contributed by atoms with Gasteiger partial charge in [-0.25, -0.2) is 0 Å². The molecule has 0 aromatic heterocycles. The van der Waals surface area contributed by atoms with Crippen LogP contribution in [0, 0.1) is 17.8 Å². The summed E-state index contributed by atoms with van der Waals surface area (Å²) in [4.78, 5) is 0. The maximum atomic E-state index is 6.02. The number of hydrogen-bond donors (Lipinski definition) is 0. The zero-order valence-corrected chi connectivity index (χ0v) is 10.5. The zero-order valence-electron chi connectivity index (χ0n) is 8.54. The Morgan fingerprint density at radius 2 is 1.92 bits per heavy atom. The molecule has 0 aromatic carbocycles. The average Bonchev–Trinajstić information content (AvgIpc) is 2.77. The standard InChI is InChI=1S/C11H20OSi/c13-11-5-8-3-9(11)4-10(8)12-6-7-1-2-7/h7-11H,1-6H2,13H3. The van der Waals surface area contributed by atoms with Crippen LogP contribution in [0.4, 0.5) is 0 Å². The van der Waals surface area contributed by atoms with Gasteiger partial charge in [-0.05, 0) is 49.9 Å². The number of ether oxygens (including phenoxy) is 1. The van der Waals surface area contributed by atoms with Crippen LogP contribution in [0.5, 0.6) is 0 Å². The average molecular weight is 196 g/mol. The maximum Gasteiger partial charge on any atom is 0.0606 e. The van der Waals surface area contributed by atoms with E-state index in [2.05, 4.69) is 0 Å². The lowest BCUT2D eigenvalue weighted by Crippen LogP contribution is -2.23. The van der Waals surface area contributed by atoms with E-state index in [1.54, 1.807) is 0 Å². The Balaban J connectivity index is 1.51. The minimum atomic E-state index is 0.677. The Hall–Kier alpha value is 0.177. The molecule has 3 fully saturated rings. The molecule has 1 nitrogen and oxygen atoms in total. The lowest BCUT2D eigenvalue weighted by atomic mass is 9.97. The van der Waals surface area contributed by atoms with Crippen molar-refractivity contribution in [3.63, 3.8) is 0 Å². The maximum absolute atomic E-state index is 6.02. The second-order valence-electron chi connectivity index (χ2n) is 5.52. The van der Waals surface area contributed by atoms with Crippen LogP contribution >= 0.6 is 0 Å². The van der Waals surface area contributed by atoms with Crippen LogP contribution in [-0.4, -0.2) is 23.0 Å². The second kappa shape index (κ2) is 3.09. The number of fused-ring (bicyclic) bond motifs is 2. The van der Waals surface area contributed by atoms with Gasteiger partial charge in [0.2, 0.25) is 0 Å². The predicted molar refractivity (Wildman–Crippen MR) is 57.0 cm³/mol. The van der Waals surface area contributed by atoms with Crippen molar-refractivity contribution >= 4 is 10.2 Å². The SMILES string of the molecule is [SiH3]C1CC2CC1CC2OCC1CC1. The summed E-state index contributed by atoms with van der Waals surface area (Å²) in [6.07, 6.45) is 7.96. The summed E-state index contributed by atoms with van der Waals surface area (Å²) in [5, 5.41) is 0. The van der Waals surface area contributed by atoms with Crippen molar-refractivity contribution in [1.29, 1.82) is 0 Å². The van der Waals surface area contributed by atoms with E-state index in [-0.39, 0.29) is 0 Å². The third-order valence-electron chi connectivity index (χ3n) is 4.39. The van der Waals surface area contributed by atoms with E-state index >= 15 is 0 Å². The van der Waals surface area contributed by atoms with Crippen molar-refractivity contribution in [3.8, 4) is 0 Å². The molecule has 2 bridgehead atoms. The van der Waals surface area contributed by atoms with Crippen LogP contribution in [0.3, 0.4) is 0 Å². The molecule has 4 unspecified atom stereocenters. The Morgan fingerprint density at radius 1 is 1.08 bits per heavy atom. The monoisotopic (exact) mass is 196 g/mol. The summed E-state index contributed by atoms with van der Waals surface area (Å²) in [6, 6.07) is 0. The molecule has 4 atom stereocenters. The first-order chi connectivity index (χ1) is 6.33. The molecule has 3 saturated carbocycles. The molecule has 0 spiro atoms. The fourth-order valence-electron chi connectivity index (χ4n) is 3.26. The fourth-order valence-corrected chi connectivity index (χ4v) is 4.41. The molecule has 0 heterocycles. The van der Waals surface area contributed by atoms with Crippen molar-refractivity contribution < 1.29 is 4.74 Å². The van der Waals surface area contributed by atoms with Gasteiger partial charge in [0, 0.05) is 16.8 Å². The van der Waals surface area contributed by atoms with E-state index in [1.165, 1.54) is 42.3 Å². The van der Waals surface area contributed by atoms with Crippen molar-refractivity contribution in [2.45, 2.75) is 43.7 Å². The molecule has 13 heavy (non-hydrogen) atoms. The van der Waals surface area contributed by atoms with Crippen molar-refractivity contribution in [1.82, 2.24) is 0 Å². The Morgan fingerprint density at radius 3 is 2.46 bits per heavy atom. The molecule has 2 heteroatoms. The van der Waals surface area contributed by atoms with E-state index < -0.39 is 0 Å². The Labute approximate surface area is 83.7 Å². The van der Waals surface area contributed by atoms with Crippen LogP contribution in [0.2, 0.25) is 5.54 Å². The highest BCUT2D eigenvalue weighted by Crippen LogP contribution is 2.51. The van der Waals surface area contributed by atoms with Crippen molar-refractivity contribution in [3.05, 3.63) is 0 Å². The molecule has 3 rings (SSSR count). The smallest absolute Gasteiger partial charge is 0.0606 e. The van der Waals surface area contributed by atoms with Gasteiger partial charge in [0.15, 0.2) is 0 Å². The van der Waals surface area contributed by atoms with E-state index in [0.29, 0.717) is 6.10 Å². The van der Waals surface area contributed by atoms with Crippen molar-refractivity contribution in [2.75, 3.05) is 6.61 Å². The second-order valence-corrected chi connectivity index (χ2v) is 7.00. The topological polar surface area (TPSA) is 9.23 Å². The fraction of sp³-hybridized carbons (Fsp3) is 1.00. The Kier molecular flexibility index (Phi) is 2.02. The molecular formula is C11H20OSi. The van der Waals surface area contributed by atoms with Gasteiger partial charge < -0.3 is 4.74 Å². The number of rotatable bonds is 3. The minimum Gasteiger partial charge on any atom is -0.378 e. The molecule has 0 radical (unpaired) electrons. The van der Waals surface area contributed by atoms with Gasteiger partial charge in [-0.2, -0.15) is 0 Å². The Bertz CT molecular complexity index is 200. The van der Waals surface area contributed by atoms with E-state index in [9.17, 15) is 0 Å². The van der Waals surface area contributed by atoms with Gasteiger partial charge in [-0.3, -0.25) is 0 Å². The van der Waals surface area contributed by atoms with Gasteiger partial charge in [0.05, 0.1) is 6.10 Å². The molecule has 0 N–H and O–H groups in total. The minimum absolute atomic E-state index is 0.677. The molecule has 3 aliphatic carbocycles. The van der Waals surface area contributed by atoms with E-state index in [0.717, 1.165) is 29.9 Å². The molecule has 74 valence electrons. The van der Waals surface area contributed by atoms with E-state index in [1.807, 2.05) is 0 Å². The first-order valence-corrected chi connectivity index (χ1v) is 7.10. The lowest BCUT2D eigenvalue weighted by molar-refractivity contribution is 0.0108. The molecular weight excluding hydrogens is 176 g/mol. The third-order valence-corrected chi connectivity index (χ3v) is 5.80. The third kappa shape index (κ3) is 1.59. The van der Waals surface area contributed by atoms with Crippen molar-refractivity contribution in [2.24, 2.45) is 17.8 Å². The highest BCUT2D eigenvalue weighted by atomic mass is 28.1. The molecule has 0 aromatic rings. The molecule has 3 aliphatic rings. The molecule has 0 aliphatic heterocycles. The van der Waals surface area contributed by atoms with Crippen LogP contribution in [0.15, 0.2) is 0 Å². The molecule has 0 amide bonds. The normalized spacial score (nSPS) is 48.9. The summed E-state index contributed by atoms with van der Waals surface area (Å²) >= 11 is 0. The van der Waals surface area contributed by atoms with Gasteiger partial charge in [0.1, 0.15) is 0 Å². The number of hydrogen-bond acceptors (Lipinski definition) is 1. The van der Waals surface area contributed by atoms with Gasteiger partial charge in [0.25, 0.3) is 0 Å². The van der Waals surface area contributed by atoms with Gasteiger partial charge in [-0.15, -0.1) is 0 Å². The lowest BCUT2D eigenvalue weighted by Gasteiger charge is -2.25. The predicted octanol–water partition coefficient (Wildman–Crippen LogP) is 1.37. The summed E-state index contributed by atoms with van der Waals surface area (Å²) in [5.74, 6) is 2.98. The molecule has 0 saturated heterocycles. The quantitative estimate of drug-likeness (QED) is 0.620. The largest absolute Gasteiger partial charge is 0.378 e. The van der Waals surface area contributed by atoms with Crippen LogP contribution in [-0.2, 0) is 4.74 Å². The van der Waals surface area contributed by atoms with Crippen LogP contribution in [0.1, 0.15) is 32.1 Å². The zero-order chi connectivity index (χ0) is 8.84. The highest BCUT2D eigenvalue weighted by molar-refractivity contribution is 6.12. The summed E-state index contributed by atoms with van der Waals surface area (Å²) in [7, 11) is 1.42. The summed E-state index contributed by atoms with van der Waals surface area (Å²) in [6.45, 7) is 1.08. The highest BCUT2D eigenvalue weighted by Gasteiger charge is 2.44. The van der Waals surface area contributed by atoms with E-state index in [4.69, 9.17) is 4.74 Å². The summed E-state index contributed by atoms with van der Waals surface area (Å²) in [5.41, 5.74) is 1.13. The van der Waals surface area contributed by atoms with Gasteiger partial charge in [-0.1, -0.05) is 5.54 Å². The van der Waals surface area contributed by atoms with Gasteiger partial charge >= 0.3 is 0 Å².